The Kier molecular flexibility index (Phi) is 4.60. The van der Waals surface area contributed by atoms with Crippen LogP contribution in [0.5, 0.6) is 0 Å². The smallest absolute Gasteiger partial charge is 0.254 e. The molecule has 1 aliphatic rings. The van der Waals surface area contributed by atoms with Crippen LogP contribution in [0.3, 0.4) is 0 Å². The van der Waals surface area contributed by atoms with Gasteiger partial charge in [0, 0.05) is 41.9 Å². The van der Waals surface area contributed by atoms with Crippen LogP contribution in [0.4, 0.5) is 5.69 Å². The van der Waals surface area contributed by atoms with Crippen LogP contribution >= 0.6 is 15.9 Å². The van der Waals surface area contributed by atoms with Crippen molar-refractivity contribution in [2.75, 3.05) is 38.2 Å². The zero-order valence-electron chi connectivity index (χ0n) is 12.0. The molecule has 0 radical (unpaired) electrons. The van der Waals surface area contributed by atoms with Gasteiger partial charge in [-0.3, -0.25) is 4.79 Å². The largest absolute Gasteiger partial charge is 0.398 e. The van der Waals surface area contributed by atoms with Crippen molar-refractivity contribution in [3.05, 3.63) is 27.7 Å². The van der Waals surface area contributed by atoms with E-state index in [1.807, 2.05) is 6.92 Å². The molecule has 2 N–H and O–H groups in total. The summed E-state index contributed by atoms with van der Waals surface area (Å²) in [6.45, 7) is 3.23. The van der Waals surface area contributed by atoms with Gasteiger partial charge in [0.05, 0.1) is 6.26 Å². The summed E-state index contributed by atoms with van der Waals surface area (Å²) in [5.74, 6) is -0.117. The predicted octanol–water partition coefficient (Wildman–Crippen LogP) is 1.06. The van der Waals surface area contributed by atoms with Gasteiger partial charge < -0.3 is 10.6 Å². The van der Waals surface area contributed by atoms with Gasteiger partial charge in [0.1, 0.15) is 0 Å². The van der Waals surface area contributed by atoms with E-state index in [1.54, 1.807) is 17.0 Å². The number of carbonyl (C=O) groups excluding carboxylic acids is 1. The van der Waals surface area contributed by atoms with E-state index in [-0.39, 0.29) is 5.91 Å². The molecule has 21 heavy (non-hydrogen) atoms. The Morgan fingerprint density at radius 2 is 1.81 bits per heavy atom. The standard InChI is InChI=1S/C13H18BrN3O3S/c1-9-11(7-10(14)8-12(9)15)13(18)16-3-5-17(6-4-16)21(2,19)20/h7-8H,3-6,15H2,1-2H3. The summed E-state index contributed by atoms with van der Waals surface area (Å²) in [5, 5.41) is 0. The molecule has 1 heterocycles. The van der Waals surface area contributed by atoms with Gasteiger partial charge in [-0.2, -0.15) is 4.31 Å². The molecular weight excluding hydrogens is 358 g/mol. The number of amides is 1. The first-order valence-electron chi connectivity index (χ1n) is 6.50. The van der Waals surface area contributed by atoms with E-state index in [4.69, 9.17) is 5.73 Å². The maximum Gasteiger partial charge on any atom is 0.254 e. The molecule has 1 aromatic rings. The fourth-order valence-electron chi connectivity index (χ4n) is 2.32. The Labute approximate surface area is 133 Å². The summed E-state index contributed by atoms with van der Waals surface area (Å²) in [6.07, 6.45) is 1.18. The molecule has 1 fully saturated rings. The third-order valence-electron chi connectivity index (χ3n) is 3.64. The van der Waals surface area contributed by atoms with Gasteiger partial charge >= 0.3 is 0 Å². The van der Waals surface area contributed by atoms with Gasteiger partial charge in [0.25, 0.3) is 5.91 Å². The van der Waals surface area contributed by atoms with Crippen molar-refractivity contribution in [3.8, 4) is 0 Å². The molecule has 1 aromatic carbocycles. The second kappa shape index (κ2) is 5.94. The zero-order chi connectivity index (χ0) is 15.8. The summed E-state index contributed by atoms with van der Waals surface area (Å²) >= 11 is 3.34. The Morgan fingerprint density at radius 3 is 2.33 bits per heavy atom. The summed E-state index contributed by atoms with van der Waals surface area (Å²) in [4.78, 5) is 14.2. The molecule has 6 nitrogen and oxygen atoms in total. The van der Waals surface area contributed by atoms with Crippen LogP contribution in [0.1, 0.15) is 15.9 Å². The zero-order valence-corrected chi connectivity index (χ0v) is 14.4. The Bertz CT molecular complexity index is 667. The molecule has 0 unspecified atom stereocenters. The third-order valence-corrected chi connectivity index (χ3v) is 5.40. The second-order valence-electron chi connectivity index (χ2n) is 5.12. The van der Waals surface area contributed by atoms with Crippen LogP contribution in [0.2, 0.25) is 0 Å². The van der Waals surface area contributed by atoms with E-state index < -0.39 is 10.0 Å². The number of halogens is 1. The van der Waals surface area contributed by atoms with E-state index in [9.17, 15) is 13.2 Å². The van der Waals surface area contributed by atoms with E-state index in [0.717, 1.165) is 10.0 Å². The van der Waals surface area contributed by atoms with E-state index in [2.05, 4.69) is 15.9 Å². The number of hydrogen-bond donors (Lipinski definition) is 1. The van der Waals surface area contributed by atoms with Crippen LogP contribution in [0, 0.1) is 6.92 Å². The van der Waals surface area contributed by atoms with Crippen LogP contribution in [0.25, 0.3) is 0 Å². The van der Waals surface area contributed by atoms with Gasteiger partial charge in [-0.15, -0.1) is 0 Å². The molecule has 0 bridgehead atoms. The molecule has 8 heteroatoms. The monoisotopic (exact) mass is 375 g/mol. The van der Waals surface area contributed by atoms with Crippen molar-refractivity contribution >= 4 is 37.5 Å². The van der Waals surface area contributed by atoms with Crippen molar-refractivity contribution in [1.82, 2.24) is 9.21 Å². The fraction of sp³-hybridized carbons (Fsp3) is 0.462. The maximum atomic E-state index is 12.6. The molecule has 1 amide bonds. The number of nitrogen functional groups attached to an aromatic ring is 1. The Balaban J connectivity index is 2.16. The minimum atomic E-state index is -3.19. The topological polar surface area (TPSA) is 83.7 Å². The van der Waals surface area contributed by atoms with Crippen molar-refractivity contribution in [2.45, 2.75) is 6.92 Å². The molecule has 0 aromatic heterocycles. The molecule has 116 valence electrons. The normalized spacial score (nSPS) is 17.0. The fourth-order valence-corrected chi connectivity index (χ4v) is 3.62. The van der Waals surface area contributed by atoms with Crippen LogP contribution < -0.4 is 5.73 Å². The summed E-state index contributed by atoms with van der Waals surface area (Å²) in [7, 11) is -3.19. The molecule has 1 saturated heterocycles. The highest BCUT2D eigenvalue weighted by Crippen LogP contribution is 2.24. The number of rotatable bonds is 2. The van der Waals surface area contributed by atoms with Crippen molar-refractivity contribution in [2.24, 2.45) is 0 Å². The van der Waals surface area contributed by atoms with Crippen LogP contribution in [-0.4, -0.2) is 56.0 Å². The second-order valence-corrected chi connectivity index (χ2v) is 8.02. The van der Waals surface area contributed by atoms with Crippen LogP contribution in [0.15, 0.2) is 16.6 Å². The molecular formula is C13H18BrN3O3S. The summed E-state index contributed by atoms with van der Waals surface area (Å²) in [6, 6.07) is 3.50. The van der Waals surface area contributed by atoms with E-state index in [1.165, 1.54) is 10.6 Å². The molecule has 0 spiro atoms. The van der Waals surface area contributed by atoms with Gasteiger partial charge in [-0.25, -0.2) is 8.42 Å². The lowest BCUT2D eigenvalue weighted by molar-refractivity contribution is 0.0697. The van der Waals surface area contributed by atoms with Gasteiger partial charge in [0.15, 0.2) is 0 Å². The number of nitrogens with zero attached hydrogens (tertiary/aromatic N) is 2. The third kappa shape index (κ3) is 3.56. The number of carbonyl (C=O) groups is 1. The number of piperazine rings is 1. The molecule has 0 aliphatic carbocycles. The highest BCUT2D eigenvalue weighted by molar-refractivity contribution is 9.10. The van der Waals surface area contributed by atoms with Gasteiger partial charge in [-0.05, 0) is 24.6 Å². The number of benzene rings is 1. The Morgan fingerprint density at radius 1 is 1.24 bits per heavy atom. The summed E-state index contributed by atoms with van der Waals surface area (Å²) in [5.41, 5.74) is 7.73. The molecule has 0 saturated carbocycles. The molecule has 2 rings (SSSR count). The van der Waals surface area contributed by atoms with E-state index in [0.29, 0.717) is 37.4 Å². The first-order chi connectivity index (χ1) is 9.70. The number of sulfonamides is 1. The lowest BCUT2D eigenvalue weighted by Gasteiger charge is -2.33. The van der Waals surface area contributed by atoms with Gasteiger partial charge in [0.2, 0.25) is 10.0 Å². The first-order valence-corrected chi connectivity index (χ1v) is 9.14. The Hall–Kier alpha value is -1.12. The van der Waals surface area contributed by atoms with Crippen molar-refractivity contribution < 1.29 is 13.2 Å². The lowest BCUT2D eigenvalue weighted by Crippen LogP contribution is -2.50. The SMILES string of the molecule is Cc1c(N)cc(Br)cc1C(=O)N1CCN(S(C)(=O)=O)CC1. The number of hydrogen-bond acceptors (Lipinski definition) is 4. The molecule has 1 aliphatic heterocycles. The van der Waals surface area contributed by atoms with Crippen molar-refractivity contribution in [3.63, 3.8) is 0 Å². The average molecular weight is 376 g/mol. The minimum absolute atomic E-state index is 0.117. The highest BCUT2D eigenvalue weighted by atomic mass is 79.9. The van der Waals surface area contributed by atoms with E-state index >= 15 is 0 Å². The number of anilines is 1. The average Bonchev–Trinajstić information content (AvgIpc) is 2.41. The number of nitrogens with two attached hydrogens (primary N) is 1. The summed E-state index contributed by atoms with van der Waals surface area (Å²) < 4.78 is 25.1. The maximum absolute atomic E-state index is 12.6. The quantitative estimate of drug-likeness (QED) is 0.783. The predicted molar refractivity (Wildman–Crippen MR) is 85.6 cm³/mol. The molecule has 0 atom stereocenters. The van der Waals surface area contributed by atoms with Crippen molar-refractivity contribution in [1.29, 1.82) is 0 Å². The highest BCUT2D eigenvalue weighted by Gasteiger charge is 2.27. The lowest BCUT2D eigenvalue weighted by atomic mass is 10.1. The first kappa shape index (κ1) is 16.3. The van der Waals surface area contributed by atoms with Gasteiger partial charge in [-0.1, -0.05) is 15.9 Å². The minimum Gasteiger partial charge on any atom is -0.398 e. The van der Waals surface area contributed by atoms with Crippen LogP contribution in [-0.2, 0) is 10.0 Å².